The monoisotopic (exact) mass is 316 g/mol. The summed E-state index contributed by atoms with van der Waals surface area (Å²) in [7, 11) is -4.96. The van der Waals surface area contributed by atoms with Crippen LogP contribution in [0.3, 0.4) is 0 Å². The average molecular weight is 315 g/mol. The van der Waals surface area contributed by atoms with Crippen LogP contribution >= 0.6 is 14.7 Å². The zero-order valence-electron chi connectivity index (χ0n) is 9.86. The summed E-state index contributed by atoms with van der Waals surface area (Å²) in [6.07, 6.45) is 2.11. The third-order valence-electron chi connectivity index (χ3n) is 2.33. The minimum absolute atomic E-state index is 0.527. The average Bonchev–Trinajstić information content (AvgIpc) is 2.28. The Morgan fingerprint density at radius 2 is 1.07 bits per heavy atom. The maximum absolute atomic E-state index is 11.9. The van der Waals surface area contributed by atoms with Gasteiger partial charge in [-0.1, -0.05) is 0 Å². The fourth-order valence-electron chi connectivity index (χ4n) is 0.858. The van der Waals surface area contributed by atoms with E-state index in [4.69, 9.17) is 7.10 Å². The first-order chi connectivity index (χ1) is 6.95. The Bertz CT molecular complexity index is 227. The van der Waals surface area contributed by atoms with E-state index in [2.05, 4.69) is 0 Å². The van der Waals surface area contributed by atoms with Crippen molar-refractivity contribution in [1.82, 2.24) is 0 Å². The van der Waals surface area contributed by atoms with Crippen molar-refractivity contribution in [2.45, 2.75) is 27.7 Å². The van der Waals surface area contributed by atoms with E-state index in [9.17, 15) is 9.13 Å². The normalized spacial score (nSPS) is 13.1. The van der Waals surface area contributed by atoms with Crippen LogP contribution < -0.4 is 0 Å². The summed E-state index contributed by atoms with van der Waals surface area (Å²) < 4.78 is 34.3. The van der Waals surface area contributed by atoms with Gasteiger partial charge in [0.25, 0.3) is 0 Å². The first-order valence-electron chi connectivity index (χ1n) is 5.23. The van der Waals surface area contributed by atoms with Gasteiger partial charge < -0.3 is 0 Å². The molecule has 7 heteroatoms. The molecule has 15 heavy (non-hydrogen) atoms. The molecule has 0 aliphatic heterocycles. The second-order valence-corrected chi connectivity index (χ2v) is 12.0. The van der Waals surface area contributed by atoms with Crippen LogP contribution in [0.15, 0.2) is 0 Å². The topological polar surface area (TPSA) is 52.6 Å². The third kappa shape index (κ3) is 5.69. The molecular weight excluding hydrogens is 295 g/mol. The molecule has 0 saturated heterocycles. The first-order valence-corrected chi connectivity index (χ1v) is 10.9. The Morgan fingerprint density at radius 3 is 1.27 bits per heavy atom. The Morgan fingerprint density at radius 1 is 0.800 bits per heavy atom. The van der Waals surface area contributed by atoms with E-state index >= 15 is 0 Å². The van der Waals surface area contributed by atoms with Crippen molar-refractivity contribution in [2.75, 3.05) is 24.6 Å². The first kappa shape index (κ1) is 15.9. The van der Waals surface area contributed by atoms with Gasteiger partial charge in [-0.15, -0.1) is 0 Å². The fourth-order valence-corrected chi connectivity index (χ4v) is 8.26. The molecule has 0 rings (SSSR count). The molecule has 0 aromatic heterocycles. The van der Waals surface area contributed by atoms with E-state index in [0.717, 1.165) is 0 Å². The summed E-state index contributed by atoms with van der Waals surface area (Å²) >= 11 is -1.24. The Balaban J connectivity index is 4.08. The molecule has 90 valence electrons. The van der Waals surface area contributed by atoms with Gasteiger partial charge in [-0.05, 0) is 0 Å². The predicted octanol–water partition coefficient (Wildman–Crippen LogP) is 3.19. The summed E-state index contributed by atoms with van der Waals surface area (Å²) in [5, 5.41) is 0. The zero-order valence-corrected chi connectivity index (χ0v) is 13.7. The molecule has 0 aliphatic rings. The van der Waals surface area contributed by atoms with Crippen LogP contribution in [0.4, 0.5) is 0 Å². The van der Waals surface area contributed by atoms with Gasteiger partial charge in [0, 0.05) is 0 Å². The van der Waals surface area contributed by atoms with Crippen LogP contribution in [0.2, 0.25) is 0 Å². The number of hydrogen-bond donors (Lipinski definition) is 0. The van der Waals surface area contributed by atoms with Crippen molar-refractivity contribution in [3.8, 4) is 0 Å². The molecule has 0 amide bonds. The van der Waals surface area contributed by atoms with E-state index in [1.54, 1.807) is 0 Å². The summed E-state index contributed by atoms with van der Waals surface area (Å²) in [6.45, 7) is 7.37. The van der Waals surface area contributed by atoms with Gasteiger partial charge in [0.1, 0.15) is 0 Å². The molecule has 0 heterocycles. The summed E-state index contributed by atoms with van der Waals surface area (Å²) in [6, 6.07) is 0. The number of hydrogen-bond acceptors (Lipinski definition) is 4. The second kappa shape index (κ2) is 7.29. The van der Waals surface area contributed by atoms with Crippen LogP contribution in [0.5, 0.6) is 0 Å². The molecule has 0 aromatic rings. The van der Waals surface area contributed by atoms with Crippen molar-refractivity contribution in [1.29, 1.82) is 0 Å². The molecule has 4 nitrogen and oxygen atoms in total. The Kier molecular flexibility index (Phi) is 7.74. The Hall–Kier alpha value is 0.923. The van der Waals surface area contributed by atoms with Crippen molar-refractivity contribution in [3.05, 3.63) is 0 Å². The molecule has 0 N–H and O–H groups in total. The van der Waals surface area contributed by atoms with Crippen LogP contribution in [-0.2, 0) is 16.2 Å². The molecule has 0 saturated carbocycles. The molecule has 0 atom stereocenters. The molecule has 0 bridgehead atoms. The van der Waals surface area contributed by atoms with Gasteiger partial charge >= 0.3 is 99.4 Å². The van der Waals surface area contributed by atoms with Crippen LogP contribution in [-0.4, -0.2) is 40.8 Å². The van der Waals surface area contributed by atoms with Gasteiger partial charge in [0.15, 0.2) is 0 Å². The predicted molar refractivity (Wildman–Crippen MR) is 65.3 cm³/mol. The number of rotatable bonds is 8. The van der Waals surface area contributed by atoms with Crippen molar-refractivity contribution < 1.29 is 16.2 Å². The van der Waals surface area contributed by atoms with Gasteiger partial charge in [0.05, 0.1) is 0 Å². The minimum atomic E-state index is -2.48. The van der Waals surface area contributed by atoms with Crippen LogP contribution in [0.1, 0.15) is 27.7 Å². The summed E-state index contributed by atoms with van der Waals surface area (Å²) in [5.41, 5.74) is 0. The third-order valence-corrected chi connectivity index (χ3v) is 12.1. The van der Waals surface area contributed by atoms with Crippen molar-refractivity contribution in [3.63, 3.8) is 0 Å². The zero-order chi connectivity index (χ0) is 11.9. The Labute approximate surface area is 99.6 Å². The van der Waals surface area contributed by atoms with E-state index in [0.29, 0.717) is 24.6 Å². The van der Waals surface area contributed by atoms with Crippen LogP contribution in [0.25, 0.3) is 0 Å². The fraction of sp³-hybridized carbons (Fsp3) is 1.00. The maximum atomic E-state index is 11.9. The molecule has 0 fully saturated rings. The van der Waals surface area contributed by atoms with Crippen LogP contribution in [0, 0.1) is 0 Å². The molecular formula is C8H20GeO4P2. The standard InChI is InChI=1S/C8H20GeO4P2/c1-5-14(10,6-2)12-9-13-15(11,7-3)8-4/h5-8H2,1-4H3. The van der Waals surface area contributed by atoms with E-state index < -0.39 is 30.8 Å². The molecule has 0 aliphatic carbocycles. The van der Waals surface area contributed by atoms with Crippen molar-refractivity contribution in [2.24, 2.45) is 0 Å². The van der Waals surface area contributed by atoms with Gasteiger partial charge in [-0.3, -0.25) is 0 Å². The van der Waals surface area contributed by atoms with Gasteiger partial charge in [-0.2, -0.15) is 0 Å². The molecule has 0 unspecified atom stereocenters. The van der Waals surface area contributed by atoms with Crippen molar-refractivity contribution >= 4 is 30.8 Å². The van der Waals surface area contributed by atoms with E-state index in [-0.39, 0.29) is 0 Å². The van der Waals surface area contributed by atoms with Gasteiger partial charge in [0.2, 0.25) is 0 Å². The second-order valence-electron chi connectivity index (χ2n) is 3.16. The SMILES string of the molecule is CCP(=O)(CC)[O][Ge][O]P(=O)(CC)CC. The molecule has 0 aromatic carbocycles. The summed E-state index contributed by atoms with van der Waals surface area (Å²) in [4.78, 5) is 0. The molecule has 0 spiro atoms. The summed E-state index contributed by atoms with van der Waals surface area (Å²) in [5.74, 6) is 0. The van der Waals surface area contributed by atoms with E-state index in [1.807, 2.05) is 27.7 Å². The quantitative estimate of drug-likeness (QED) is 0.510. The van der Waals surface area contributed by atoms with E-state index in [1.165, 1.54) is 0 Å². The van der Waals surface area contributed by atoms with Gasteiger partial charge in [-0.25, -0.2) is 0 Å². The molecule has 2 radical (unpaired) electrons.